The number of benzene rings is 4. The van der Waals surface area contributed by atoms with Gasteiger partial charge in [0.25, 0.3) is 10.0 Å². The molecule has 0 aliphatic heterocycles. The van der Waals surface area contributed by atoms with Crippen LogP contribution in [-0.2, 0) is 32.6 Å². The number of hydrogen-bond donors (Lipinski definition) is 1. The van der Waals surface area contributed by atoms with E-state index in [9.17, 15) is 18.0 Å². The van der Waals surface area contributed by atoms with Crippen molar-refractivity contribution in [2.24, 2.45) is 5.92 Å². The molecule has 230 valence electrons. The Bertz CT molecular complexity index is 1650. The van der Waals surface area contributed by atoms with Crippen LogP contribution in [0.2, 0.25) is 0 Å². The summed E-state index contributed by atoms with van der Waals surface area (Å²) in [6, 6.07) is 31.2. The first-order valence-corrected chi connectivity index (χ1v) is 16.8. The van der Waals surface area contributed by atoms with Gasteiger partial charge in [0.15, 0.2) is 0 Å². The molecule has 2 amide bonds. The molecule has 0 fully saturated rings. The van der Waals surface area contributed by atoms with Crippen LogP contribution in [0.15, 0.2) is 119 Å². The van der Waals surface area contributed by atoms with Crippen LogP contribution < -0.4 is 9.62 Å². The summed E-state index contributed by atoms with van der Waals surface area (Å²) >= 11 is 3.41. The molecule has 7 nitrogen and oxygen atoms in total. The van der Waals surface area contributed by atoms with Crippen LogP contribution in [0.3, 0.4) is 0 Å². The fraction of sp³-hybridized carbons (Fsp3) is 0.257. The first-order valence-electron chi connectivity index (χ1n) is 14.5. The second-order valence-electron chi connectivity index (χ2n) is 11.2. The standard InChI is InChI=1S/C35H38BrN3O4S/c1-26(2)23-37-35(41)33(22-28-12-6-4-7-13-28)38(24-29-14-10-11-27(3)21-29)34(40)25-39(31-19-17-30(36)18-20-31)44(42,43)32-15-8-5-9-16-32/h4-21,26,33H,22-25H2,1-3H3,(H,37,41)/t33-/m1/s1. The lowest BCUT2D eigenvalue weighted by molar-refractivity contribution is -0.140. The van der Waals surface area contributed by atoms with Gasteiger partial charge in [-0.3, -0.25) is 13.9 Å². The summed E-state index contributed by atoms with van der Waals surface area (Å²) in [6.07, 6.45) is 0.270. The lowest BCUT2D eigenvalue weighted by Crippen LogP contribution is -2.53. The molecule has 0 radical (unpaired) electrons. The zero-order valence-electron chi connectivity index (χ0n) is 25.2. The van der Waals surface area contributed by atoms with Crippen LogP contribution >= 0.6 is 15.9 Å². The van der Waals surface area contributed by atoms with Crippen molar-refractivity contribution in [2.75, 3.05) is 17.4 Å². The molecular formula is C35H38BrN3O4S. The molecule has 44 heavy (non-hydrogen) atoms. The van der Waals surface area contributed by atoms with Gasteiger partial charge in [0.1, 0.15) is 12.6 Å². The molecule has 0 spiro atoms. The molecule has 4 aromatic rings. The van der Waals surface area contributed by atoms with Crippen LogP contribution in [0.4, 0.5) is 5.69 Å². The highest BCUT2D eigenvalue weighted by atomic mass is 79.9. The van der Waals surface area contributed by atoms with E-state index in [1.165, 1.54) is 17.0 Å². The number of sulfonamides is 1. The predicted octanol–water partition coefficient (Wildman–Crippen LogP) is 6.37. The van der Waals surface area contributed by atoms with E-state index in [2.05, 4.69) is 21.2 Å². The van der Waals surface area contributed by atoms with Crippen molar-refractivity contribution in [2.45, 2.75) is 44.7 Å². The quantitative estimate of drug-likeness (QED) is 0.179. The number of carbonyl (C=O) groups is 2. The maximum absolute atomic E-state index is 14.5. The van der Waals surface area contributed by atoms with E-state index >= 15 is 0 Å². The third-order valence-electron chi connectivity index (χ3n) is 7.12. The molecule has 0 unspecified atom stereocenters. The van der Waals surface area contributed by atoms with Gasteiger partial charge in [-0.25, -0.2) is 8.42 Å². The molecule has 4 aromatic carbocycles. The van der Waals surface area contributed by atoms with Crippen LogP contribution in [0.1, 0.15) is 30.5 Å². The van der Waals surface area contributed by atoms with E-state index in [-0.39, 0.29) is 29.7 Å². The number of carbonyl (C=O) groups excluding carboxylic acids is 2. The number of halogens is 1. The third kappa shape index (κ3) is 8.80. The van der Waals surface area contributed by atoms with Crippen LogP contribution in [0.5, 0.6) is 0 Å². The highest BCUT2D eigenvalue weighted by Crippen LogP contribution is 2.26. The molecule has 0 aliphatic carbocycles. The second kappa shape index (κ2) is 15.2. The Balaban J connectivity index is 1.79. The monoisotopic (exact) mass is 675 g/mol. The minimum Gasteiger partial charge on any atom is -0.354 e. The number of nitrogens with one attached hydrogen (secondary N) is 1. The van der Waals surface area contributed by atoms with Gasteiger partial charge in [-0.05, 0) is 60.4 Å². The zero-order chi connectivity index (χ0) is 31.7. The lowest BCUT2D eigenvalue weighted by atomic mass is 10.0. The van der Waals surface area contributed by atoms with Gasteiger partial charge in [-0.2, -0.15) is 0 Å². The number of amides is 2. The highest BCUT2D eigenvalue weighted by molar-refractivity contribution is 9.10. The topological polar surface area (TPSA) is 86.8 Å². The Morgan fingerprint density at radius 1 is 0.818 bits per heavy atom. The van der Waals surface area contributed by atoms with Gasteiger partial charge in [0.2, 0.25) is 11.8 Å². The average Bonchev–Trinajstić information content (AvgIpc) is 3.01. The number of rotatable bonds is 13. The minimum absolute atomic E-state index is 0.0662. The van der Waals surface area contributed by atoms with Gasteiger partial charge in [0.05, 0.1) is 10.6 Å². The Morgan fingerprint density at radius 2 is 1.43 bits per heavy atom. The van der Waals surface area contributed by atoms with Gasteiger partial charge in [-0.15, -0.1) is 0 Å². The van der Waals surface area contributed by atoms with E-state index in [1.54, 1.807) is 42.5 Å². The Hall–Kier alpha value is -3.95. The summed E-state index contributed by atoms with van der Waals surface area (Å²) < 4.78 is 29.9. The zero-order valence-corrected chi connectivity index (χ0v) is 27.6. The molecule has 0 saturated carbocycles. The largest absolute Gasteiger partial charge is 0.354 e. The minimum atomic E-state index is -4.13. The van der Waals surface area contributed by atoms with E-state index in [1.807, 2.05) is 75.4 Å². The van der Waals surface area contributed by atoms with E-state index in [4.69, 9.17) is 0 Å². The molecule has 0 heterocycles. The lowest BCUT2D eigenvalue weighted by Gasteiger charge is -2.34. The second-order valence-corrected chi connectivity index (χ2v) is 13.9. The van der Waals surface area contributed by atoms with Gasteiger partial charge in [-0.1, -0.05) is 108 Å². The fourth-order valence-corrected chi connectivity index (χ4v) is 6.54. The maximum Gasteiger partial charge on any atom is 0.264 e. The summed E-state index contributed by atoms with van der Waals surface area (Å²) in [4.78, 5) is 29.9. The summed E-state index contributed by atoms with van der Waals surface area (Å²) in [5.41, 5.74) is 3.08. The average molecular weight is 677 g/mol. The molecule has 0 aliphatic rings. The van der Waals surface area contributed by atoms with Crippen molar-refractivity contribution in [1.82, 2.24) is 10.2 Å². The molecular weight excluding hydrogens is 638 g/mol. The van der Waals surface area contributed by atoms with Crippen molar-refractivity contribution < 1.29 is 18.0 Å². The van der Waals surface area contributed by atoms with E-state index in [0.29, 0.717) is 12.2 Å². The van der Waals surface area contributed by atoms with Gasteiger partial charge >= 0.3 is 0 Å². The van der Waals surface area contributed by atoms with E-state index < -0.39 is 28.5 Å². The fourth-order valence-electron chi connectivity index (χ4n) is 4.84. The summed E-state index contributed by atoms with van der Waals surface area (Å²) in [7, 11) is -4.13. The Labute approximate surface area is 269 Å². The maximum atomic E-state index is 14.5. The van der Waals surface area contributed by atoms with Crippen molar-refractivity contribution in [1.29, 1.82) is 0 Å². The number of hydrogen-bond acceptors (Lipinski definition) is 4. The van der Waals surface area contributed by atoms with Crippen molar-refractivity contribution in [3.8, 4) is 0 Å². The molecule has 1 atom stereocenters. The van der Waals surface area contributed by atoms with Crippen LogP contribution in [0.25, 0.3) is 0 Å². The smallest absolute Gasteiger partial charge is 0.264 e. The number of nitrogens with zero attached hydrogens (tertiary/aromatic N) is 2. The number of aryl methyl sites for hydroxylation is 1. The molecule has 0 bridgehead atoms. The van der Waals surface area contributed by atoms with Crippen LogP contribution in [-0.4, -0.2) is 44.3 Å². The SMILES string of the molecule is Cc1cccc(CN(C(=O)CN(c2ccc(Br)cc2)S(=O)(=O)c2ccccc2)[C@H](Cc2ccccc2)C(=O)NCC(C)C)c1. The van der Waals surface area contributed by atoms with Gasteiger partial charge in [0, 0.05) is 24.0 Å². The molecule has 1 N–H and O–H groups in total. The first kappa shape index (κ1) is 33.0. The highest BCUT2D eigenvalue weighted by Gasteiger charge is 2.34. The summed E-state index contributed by atoms with van der Waals surface area (Å²) in [6.45, 7) is 6.07. The van der Waals surface area contributed by atoms with Crippen molar-refractivity contribution in [3.63, 3.8) is 0 Å². The Kier molecular flexibility index (Phi) is 11.4. The molecule has 4 rings (SSSR count). The van der Waals surface area contributed by atoms with Gasteiger partial charge < -0.3 is 10.2 Å². The summed E-state index contributed by atoms with van der Waals surface area (Å²) in [5, 5.41) is 3.01. The molecule has 0 aromatic heterocycles. The summed E-state index contributed by atoms with van der Waals surface area (Å²) in [5.74, 6) is -0.569. The van der Waals surface area contributed by atoms with Crippen molar-refractivity contribution in [3.05, 3.63) is 130 Å². The van der Waals surface area contributed by atoms with E-state index in [0.717, 1.165) is 25.5 Å². The molecule has 9 heteroatoms. The van der Waals surface area contributed by atoms with Crippen molar-refractivity contribution >= 4 is 43.5 Å². The third-order valence-corrected chi connectivity index (χ3v) is 9.43. The number of anilines is 1. The predicted molar refractivity (Wildman–Crippen MR) is 179 cm³/mol. The normalized spacial score (nSPS) is 12.0. The Morgan fingerprint density at radius 3 is 2.05 bits per heavy atom. The first-order chi connectivity index (χ1) is 21.0. The van der Waals surface area contributed by atoms with Crippen LogP contribution in [0, 0.1) is 12.8 Å². The molecule has 0 saturated heterocycles.